The molecule has 3 aromatic rings. The van der Waals surface area contributed by atoms with E-state index in [9.17, 15) is 15.0 Å². The summed E-state index contributed by atoms with van der Waals surface area (Å²) in [6.07, 6.45) is 0.872. The summed E-state index contributed by atoms with van der Waals surface area (Å²) in [5, 5.41) is 28.9. The van der Waals surface area contributed by atoms with Crippen LogP contribution in [0.3, 0.4) is 0 Å². The number of hydrogen-bond acceptors (Lipinski definition) is 5. The van der Waals surface area contributed by atoms with Crippen LogP contribution < -0.4 is 4.74 Å². The lowest BCUT2D eigenvalue weighted by molar-refractivity contribution is 0.0992. The Morgan fingerprint density at radius 3 is 2.61 bits per heavy atom. The quantitative estimate of drug-likeness (QED) is 0.585. The number of benzene rings is 2. The number of nitrogens with zero attached hydrogens (tertiary/aromatic N) is 3. The van der Waals surface area contributed by atoms with Crippen molar-refractivity contribution in [2.45, 2.75) is 26.8 Å². The lowest BCUT2D eigenvalue weighted by atomic mass is 10.1. The molecule has 0 spiro atoms. The molecule has 1 amide bonds. The molecule has 7 nitrogen and oxygen atoms in total. The van der Waals surface area contributed by atoms with E-state index in [2.05, 4.69) is 24.1 Å². The van der Waals surface area contributed by atoms with Crippen LogP contribution >= 0.6 is 0 Å². The van der Waals surface area contributed by atoms with Gasteiger partial charge in [-0.1, -0.05) is 26.0 Å². The maximum absolute atomic E-state index is 12.3. The van der Waals surface area contributed by atoms with Crippen molar-refractivity contribution >= 4 is 22.5 Å². The number of phenols is 1. The van der Waals surface area contributed by atoms with Gasteiger partial charge in [-0.15, -0.1) is 10.2 Å². The Morgan fingerprint density at radius 2 is 1.93 bits per heavy atom. The first kappa shape index (κ1) is 19.4. The molecule has 0 aliphatic heterocycles. The molecular weight excluding hydrogens is 358 g/mol. The van der Waals surface area contributed by atoms with Gasteiger partial charge >= 0.3 is 0 Å². The number of phenolic OH excluding ortho intramolecular Hbond substituents is 1. The number of amides is 1. The van der Waals surface area contributed by atoms with E-state index in [1.807, 2.05) is 12.1 Å². The van der Waals surface area contributed by atoms with Crippen LogP contribution in [-0.2, 0) is 6.54 Å². The van der Waals surface area contributed by atoms with Crippen molar-refractivity contribution < 1.29 is 19.7 Å². The Kier molecular flexibility index (Phi) is 5.63. The molecule has 3 rings (SSSR count). The fraction of sp³-hybridized carbons (Fsp3) is 0.286. The Balaban J connectivity index is 2.05. The van der Waals surface area contributed by atoms with Crippen LogP contribution in [0.2, 0.25) is 0 Å². The van der Waals surface area contributed by atoms with Crippen LogP contribution in [-0.4, -0.2) is 27.8 Å². The Morgan fingerprint density at radius 1 is 1.18 bits per heavy atom. The van der Waals surface area contributed by atoms with Crippen LogP contribution in [0.1, 0.15) is 30.6 Å². The van der Waals surface area contributed by atoms with Gasteiger partial charge in [0.1, 0.15) is 11.5 Å². The number of hydrogen-bond donors (Lipinski definition) is 2. The molecule has 0 saturated heterocycles. The predicted molar refractivity (Wildman–Crippen MR) is 107 cm³/mol. The molecule has 0 bridgehead atoms. The normalized spacial score (nSPS) is 11.6. The third-order valence-corrected chi connectivity index (χ3v) is 4.52. The highest BCUT2D eigenvalue weighted by Gasteiger charge is 2.18. The van der Waals surface area contributed by atoms with Crippen LogP contribution in [0.4, 0.5) is 5.69 Å². The van der Waals surface area contributed by atoms with E-state index < -0.39 is 5.91 Å². The van der Waals surface area contributed by atoms with Gasteiger partial charge in [0.15, 0.2) is 5.69 Å². The van der Waals surface area contributed by atoms with E-state index in [1.165, 1.54) is 12.1 Å². The Labute approximate surface area is 162 Å². The molecule has 0 atom stereocenters. The van der Waals surface area contributed by atoms with Gasteiger partial charge < -0.3 is 19.5 Å². The molecule has 0 unspecified atom stereocenters. The molecule has 146 valence electrons. The second-order valence-electron chi connectivity index (χ2n) is 6.91. The van der Waals surface area contributed by atoms with Crippen LogP contribution in [0.5, 0.6) is 17.4 Å². The largest absolute Gasteiger partial charge is 0.507 e. The zero-order chi connectivity index (χ0) is 20.3. The lowest BCUT2D eigenvalue weighted by Crippen LogP contribution is -2.00. The highest BCUT2D eigenvalue weighted by Crippen LogP contribution is 2.41. The summed E-state index contributed by atoms with van der Waals surface area (Å²) in [6, 6.07) is 11.5. The average Bonchev–Trinajstić information content (AvgIpc) is 2.94. The number of rotatable bonds is 6. The standard InChI is InChI=1S/C21H23N3O4/c1-13(2)10-11-24-17-9-8-14(28-3)12-16(17)19(21(24)27)22-23-20(26)15-6-4-5-7-18(15)25/h4-9,12-13,25,27H,10-11H2,1-3H3. The van der Waals surface area contributed by atoms with Crippen LogP contribution in [0.15, 0.2) is 52.7 Å². The molecular formula is C21H23N3O4. The summed E-state index contributed by atoms with van der Waals surface area (Å²) < 4.78 is 7.03. The van der Waals surface area contributed by atoms with Gasteiger partial charge in [-0.25, -0.2) is 0 Å². The van der Waals surface area contributed by atoms with Crippen molar-refractivity contribution in [2.75, 3.05) is 7.11 Å². The number of carbonyl (C=O) groups excluding carboxylic acids is 1. The van der Waals surface area contributed by atoms with Crippen molar-refractivity contribution in [3.63, 3.8) is 0 Å². The summed E-state index contributed by atoms with van der Waals surface area (Å²) in [5.74, 6) is 0.151. The number of carbonyl (C=O) groups is 1. The number of aryl methyl sites for hydroxylation is 1. The van der Waals surface area contributed by atoms with Crippen molar-refractivity contribution in [1.82, 2.24) is 4.57 Å². The van der Waals surface area contributed by atoms with Crippen LogP contribution in [0.25, 0.3) is 10.9 Å². The predicted octanol–water partition coefficient (Wildman–Crippen LogP) is 5.03. The molecule has 28 heavy (non-hydrogen) atoms. The number of azo groups is 1. The van der Waals surface area contributed by atoms with Crippen LogP contribution in [0, 0.1) is 5.92 Å². The Bertz CT molecular complexity index is 1040. The molecule has 1 aromatic heterocycles. The Hall–Kier alpha value is -3.35. The van der Waals surface area contributed by atoms with E-state index >= 15 is 0 Å². The number of aromatic hydroxyl groups is 2. The summed E-state index contributed by atoms with van der Waals surface area (Å²) in [7, 11) is 1.56. The van der Waals surface area contributed by atoms with E-state index in [0.29, 0.717) is 23.6 Å². The fourth-order valence-corrected chi connectivity index (χ4v) is 2.95. The summed E-state index contributed by atoms with van der Waals surface area (Å²) in [6.45, 7) is 4.82. The molecule has 0 saturated carbocycles. The molecule has 0 aliphatic carbocycles. The number of aromatic nitrogens is 1. The first-order valence-corrected chi connectivity index (χ1v) is 9.05. The second kappa shape index (κ2) is 8.12. The minimum absolute atomic E-state index is 0.0480. The molecule has 0 fully saturated rings. The zero-order valence-electron chi connectivity index (χ0n) is 16.1. The number of ether oxygens (including phenoxy) is 1. The fourth-order valence-electron chi connectivity index (χ4n) is 2.95. The van der Waals surface area contributed by atoms with Crippen molar-refractivity contribution in [2.24, 2.45) is 16.1 Å². The topological polar surface area (TPSA) is 96.4 Å². The molecule has 2 aromatic carbocycles. The van der Waals surface area contributed by atoms with Gasteiger partial charge in [0.25, 0.3) is 5.91 Å². The summed E-state index contributed by atoms with van der Waals surface area (Å²) in [4.78, 5) is 12.3. The van der Waals surface area contributed by atoms with Gasteiger partial charge in [-0.3, -0.25) is 4.79 Å². The van der Waals surface area contributed by atoms with E-state index in [-0.39, 0.29) is 22.9 Å². The molecule has 2 N–H and O–H groups in total. The van der Waals surface area contributed by atoms with Crippen molar-refractivity contribution in [3.05, 3.63) is 48.0 Å². The average molecular weight is 381 g/mol. The minimum Gasteiger partial charge on any atom is -0.507 e. The number of methoxy groups -OCH3 is 1. The van der Waals surface area contributed by atoms with E-state index in [4.69, 9.17) is 4.74 Å². The van der Waals surface area contributed by atoms with E-state index in [0.717, 1.165) is 11.9 Å². The monoisotopic (exact) mass is 381 g/mol. The maximum atomic E-state index is 12.3. The van der Waals surface area contributed by atoms with Gasteiger partial charge in [0.05, 0.1) is 18.2 Å². The summed E-state index contributed by atoms with van der Waals surface area (Å²) in [5.41, 5.74) is 1.02. The SMILES string of the molecule is COc1ccc2c(c1)c(N=NC(=O)c1ccccc1O)c(O)n2CCC(C)C. The minimum atomic E-state index is -0.691. The first-order chi connectivity index (χ1) is 13.4. The molecule has 7 heteroatoms. The second-order valence-corrected chi connectivity index (χ2v) is 6.91. The molecule has 1 heterocycles. The first-order valence-electron chi connectivity index (χ1n) is 9.05. The number of fused-ring (bicyclic) bond motifs is 1. The molecule has 0 aliphatic rings. The highest BCUT2D eigenvalue weighted by molar-refractivity contribution is 5.99. The van der Waals surface area contributed by atoms with Gasteiger partial charge in [-0.05, 0) is 42.7 Å². The van der Waals surface area contributed by atoms with Gasteiger partial charge in [-0.2, -0.15) is 0 Å². The highest BCUT2D eigenvalue weighted by atomic mass is 16.5. The maximum Gasteiger partial charge on any atom is 0.299 e. The third-order valence-electron chi connectivity index (χ3n) is 4.52. The van der Waals surface area contributed by atoms with Gasteiger partial charge in [0.2, 0.25) is 5.88 Å². The lowest BCUT2D eigenvalue weighted by Gasteiger charge is -2.09. The van der Waals surface area contributed by atoms with Crippen molar-refractivity contribution in [1.29, 1.82) is 0 Å². The third kappa shape index (κ3) is 3.83. The zero-order valence-corrected chi connectivity index (χ0v) is 16.1. The summed E-state index contributed by atoms with van der Waals surface area (Å²) >= 11 is 0. The van der Waals surface area contributed by atoms with Gasteiger partial charge in [0, 0.05) is 11.9 Å². The van der Waals surface area contributed by atoms with Crippen molar-refractivity contribution in [3.8, 4) is 17.4 Å². The number of para-hydroxylation sites is 1. The smallest absolute Gasteiger partial charge is 0.299 e. The molecule has 0 radical (unpaired) electrons. The van der Waals surface area contributed by atoms with E-state index in [1.54, 1.807) is 29.9 Å².